The number of carbonyl (C=O) groups is 1. The number of hydrogen-bond acceptors (Lipinski definition) is 6. The van der Waals surface area contributed by atoms with Gasteiger partial charge in [-0.15, -0.1) is 0 Å². The van der Waals surface area contributed by atoms with Crippen LogP contribution in [0.25, 0.3) is 0 Å². The predicted octanol–water partition coefficient (Wildman–Crippen LogP) is 2.63. The number of rotatable bonds is 3. The van der Waals surface area contributed by atoms with Crippen molar-refractivity contribution in [3.63, 3.8) is 0 Å². The molecule has 1 aromatic rings. The Hall–Kier alpha value is -1.95. The Balaban J connectivity index is 1.59. The van der Waals surface area contributed by atoms with Gasteiger partial charge >= 0.3 is 0 Å². The molecule has 1 aliphatic heterocycles. The first-order valence-electron chi connectivity index (χ1n) is 10.1. The van der Waals surface area contributed by atoms with E-state index < -0.39 is 11.0 Å². The van der Waals surface area contributed by atoms with Crippen molar-refractivity contribution in [2.45, 2.75) is 61.9 Å². The lowest BCUT2D eigenvalue weighted by Gasteiger charge is -2.58. The molecule has 0 aromatic heterocycles. The van der Waals surface area contributed by atoms with Gasteiger partial charge in [-0.3, -0.25) is 9.69 Å². The van der Waals surface area contributed by atoms with Gasteiger partial charge in [0.15, 0.2) is 11.5 Å². The number of nitrogens with zero attached hydrogens (tertiary/aromatic N) is 2. The number of aromatic hydroxyl groups is 2. The number of phenols is 2. The van der Waals surface area contributed by atoms with Crippen molar-refractivity contribution in [3.05, 3.63) is 28.2 Å². The van der Waals surface area contributed by atoms with Crippen LogP contribution in [0.1, 0.15) is 49.7 Å². The molecule has 6 heteroatoms. The van der Waals surface area contributed by atoms with Gasteiger partial charge in [0.05, 0.1) is 0 Å². The molecule has 4 atom stereocenters. The van der Waals surface area contributed by atoms with Crippen LogP contribution in [0.3, 0.4) is 0 Å². The van der Waals surface area contributed by atoms with E-state index in [1.165, 1.54) is 18.9 Å². The molecule has 27 heavy (non-hydrogen) atoms. The number of carbonyl (C=O) groups excluding carboxylic acids is 1. The van der Waals surface area contributed by atoms with Crippen LogP contribution in [0.2, 0.25) is 0 Å². The van der Waals surface area contributed by atoms with Crippen molar-refractivity contribution in [2.24, 2.45) is 16.5 Å². The molecule has 3 saturated carbocycles. The second kappa shape index (κ2) is 4.72. The third-order valence-corrected chi connectivity index (χ3v) is 8.30. The maximum atomic E-state index is 12.6. The van der Waals surface area contributed by atoms with Crippen molar-refractivity contribution in [3.8, 4) is 11.5 Å². The third kappa shape index (κ3) is 1.70. The van der Waals surface area contributed by atoms with E-state index in [4.69, 9.17) is 0 Å². The van der Waals surface area contributed by atoms with Crippen LogP contribution in [-0.2, 0) is 16.6 Å². The highest BCUT2D eigenvalue weighted by Crippen LogP contribution is 2.73. The molecule has 0 radical (unpaired) electrons. The largest absolute Gasteiger partial charge is 0.504 e. The molecule has 6 nitrogen and oxygen atoms in total. The Kier molecular flexibility index (Phi) is 2.80. The van der Waals surface area contributed by atoms with E-state index in [0.29, 0.717) is 24.8 Å². The van der Waals surface area contributed by atoms with Gasteiger partial charge in [-0.25, -0.2) is 0 Å². The van der Waals surface area contributed by atoms with Gasteiger partial charge in [-0.2, -0.15) is 4.91 Å². The fraction of sp³-hybridized carbons (Fsp3) is 0.667. The number of ketones is 1. The molecule has 6 rings (SSSR count). The van der Waals surface area contributed by atoms with Gasteiger partial charge in [0.1, 0.15) is 11.3 Å². The number of phenolic OH excluding ortho intramolecular Hbond substituents is 2. The van der Waals surface area contributed by atoms with Crippen LogP contribution in [0.15, 0.2) is 17.3 Å². The molecular weight excluding hydrogens is 344 g/mol. The molecular formula is C21H24N2O4. The summed E-state index contributed by atoms with van der Waals surface area (Å²) in [6.07, 6.45) is 5.11. The van der Waals surface area contributed by atoms with Crippen molar-refractivity contribution >= 4 is 5.78 Å². The topological polar surface area (TPSA) is 90.2 Å². The first-order chi connectivity index (χ1) is 12.9. The van der Waals surface area contributed by atoms with Crippen LogP contribution in [-0.4, -0.2) is 45.6 Å². The zero-order valence-corrected chi connectivity index (χ0v) is 15.3. The van der Waals surface area contributed by atoms with E-state index >= 15 is 0 Å². The summed E-state index contributed by atoms with van der Waals surface area (Å²) < 4.78 is 0. The van der Waals surface area contributed by atoms with Crippen LogP contribution in [0.4, 0.5) is 0 Å². The zero-order chi connectivity index (χ0) is 18.6. The first-order valence-corrected chi connectivity index (χ1v) is 10.1. The highest BCUT2D eigenvalue weighted by molar-refractivity contribution is 5.83. The van der Waals surface area contributed by atoms with Crippen LogP contribution < -0.4 is 0 Å². The van der Waals surface area contributed by atoms with Gasteiger partial charge in [-0.1, -0.05) is 11.2 Å². The van der Waals surface area contributed by atoms with Crippen LogP contribution in [0.5, 0.6) is 11.5 Å². The van der Waals surface area contributed by atoms with E-state index in [1.54, 1.807) is 0 Å². The lowest BCUT2D eigenvalue weighted by atomic mass is 9.57. The molecule has 5 aliphatic rings. The molecule has 142 valence electrons. The summed E-state index contributed by atoms with van der Waals surface area (Å²) in [4.78, 5) is 27.5. The van der Waals surface area contributed by atoms with Crippen LogP contribution >= 0.6 is 0 Å². The Morgan fingerprint density at radius 2 is 2.04 bits per heavy atom. The average molecular weight is 368 g/mol. The Morgan fingerprint density at radius 3 is 2.78 bits per heavy atom. The summed E-state index contributed by atoms with van der Waals surface area (Å²) in [5, 5.41) is 24.8. The maximum Gasteiger partial charge on any atom is 0.161 e. The molecule has 1 aromatic carbocycles. The number of Topliss-reactive ketones (excluding diaryl/α,β-unsaturated/α-hetero) is 1. The minimum Gasteiger partial charge on any atom is -0.504 e. The second-order valence-electron chi connectivity index (χ2n) is 9.77. The Morgan fingerprint density at radius 1 is 1.22 bits per heavy atom. The third-order valence-electron chi connectivity index (χ3n) is 8.30. The summed E-state index contributed by atoms with van der Waals surface area (Å²) in [6.45, 7) is 1.96. The van der Waals surface area contributed by atoms with Gasteiger partial charge in [0, 0.05) is 48.4 Å². The normalized spacial score (nSPS) is 42.1. The summed E-state index contributed by atoms with van der Waals surface area (Å²) >= 11 is 0. The molecule has 1 saturated heterocycles. The highest BCUT2D eigenvalue weighted by Gasteiger charge is 2.80. The van der Waals surface area contributed by atoms with Gasteiger partial charge in [0.25, 0.3) is 0 Å². The quantitative estimate of drug-likeness (QED) is 0.632. The highest BCUT2D eigenvalue weighted by atomic mass is 16.3. The number of benzene rings is 1. The summed E-state index contributed by atoms with van der Waals surface area (Å²) in [5.74, 6) is 0.536. The molecule has 2 bridgehead atoms. The minimum absolute atomic E-state index is 0.0379. The van der Waals surface area contributed by atoms with Crippen molar-refractivity contribution < 1.29 is 15.0 Å². The van der Waals surface area contributed by atoms with E-state index in [2.05, 4.69) is 10.1 Å². The molecule has 4 aliphatic carbocycles. The molecule has 2 spiro atoms. The first kappa shape index (κ1) is 16.0. The van der Waals surface area contributed by atoms with Gasteiger partial charge < -0.3 is 10.2 Å². The monoisotopic (exact) mass is 368 g/mol. The van der Waals surface area contributed by atoms with Crippen LogP contribution in [0, 0.1) is 16.2 Å². The fourth-order valence-corrected chi connectivity index (χ4v) is 7.46. The van der Waals surface area contributed by atoms with Crippen molar-refractivity contribution in [1.82, 2.24) is 4.90 Å². The Labute approximate surface area is 157 Å². The van der Waals surface area contributed by atoms with E-state index in [9.17, 15) is 19.9 Å². The summed E-state index contributed by atoms with van der Waals surface area (Å²) in [6, 6.07) is 3.45. The predicted molar refractivity (Wildman–Crippen MR) is 97.7 cm³/mol. The smallest absolute Gasteiger partial charge is 0.161 e. The molecule has 2 unspecified atom stereocenters. The zero-order valence-electron chi connectivity index (χ0n) is 15.3. The van der Waals surface area contributed by atoms with E-state index in [0.717, 1.165) is 31.0 Å². The molecule has 0 amide bonds. The standard InChI is InChI=1S/C21H24N2O4/c24-14-5-6-21(22-27)18-19(11-23(18)9-12-1-2-12)7-13-3-4-15(25)17(26)16(13)20(21,8-14)10-19/h3-4,12,18,25-26H,1-2,5-11H2/t18-,19?,20+,21?/m1/s1. The van der Waals surface area contributed by atoms with Crippen molar-refractivity contribution in [2.75, 3.05) is 13.1 Å². The number of hydrogen-bond donors (Lipinski definition) is 2. The van der Waals surface area contributed by atoms with Gasteiger partial charge in [-0.05, 0) is 49.7 Å². The van der Waals surface area contributed by atoms with Gasteiger partial charge in [0.2, 0.25) is 0 Å². The minimum atomic E-state index is -0.884. The number of nitroso groups, excluding NO2 is 1. The molecule has 2 N–H and O–H groups in total. The SMILES string of the molecule is O=NC12CCC(=O)C[C@@]13CC1(Cc4ccc(O)c(O)c43)CN(CC3CC3)[C@H]12. The lowest BCUT2D eigenvalue weighted by Crippen LogP contribution is -2.70. The molecule has 1 heterocycles. The average Bonchev–Trinajstić information content (AvgIpc) is 3.42. The maximum absolute atomic E-state index is 12.6. The lowest BCUT2D eigenvalue weighted by molar-refractivity contribution is -0.125. The number of fused-ring (bicyclic) bond motifs is 2. The number of likely N-dealkylation sites (tertiary alicyclic amines) is 1. The second-order valence-corrected chi connectivity index (χ2v) is 9.77. The fourth-order valence-electron chi connectivity index (χ4n) is 7.46. The van der Waals surface area contributed by atoms with E-state index in [1.807, 2.05) is 6.07 Å². The molecule has 4 fully saturated rings. The summed E-state index contributed by atoms with van der Waals surface area (Å²) in [7, 11) is 0. The Bertz CT molecular complexity index is 896. The van der Waals surface area contributed by atoms with E-state index in [-0.39, 0.29) is 35.2 Å². The van der Waals surface area contributed by atoms with Crippen molar-refractivity contribution in [1.29, 1.82) is 0 Å². The summed E-state index contributed by atoms with van der Waals surface area (Å²) in [5.41, 5.74) is -0.0906.